The number of halogens is 8. The van der Waals surface area contributed by atoms with E-state index < -0.39 is 93.6 Å². The Balaban J connectivity index is 1.28. The zero-order chi connectivity index (χ0) is 43.9. The number of pyridine rings is 1. The van der Waals surface area contributed by atoms with Crippen LogP contribution in [0.1, 0.15) is 64.1 Å². The molecular formula is C39H31ClF7N9O4S. The molecule has 6 aromatic rings. The van der Waals surface area contributed by atoms with E-state index in [1.807, 2.05) is 0 Å². The average molecular weight is 890 g/mol. The van der Waals surface area contributed by atoms with Crippen LogP contribution in [-0.4, -0.2) is 59.8 Å². The fourth-order valence-electron chi connectivity index (χ4n) is 7.82. The number of nitrogens with one attached hydrogen (secondary N) is 2. The number of benzene rings is 2. The number of carbonyl (C=O) groups is 1. The van der Waals surface area contributed by atoms with Gasteiger partial charge in [-0.2, -0.15) is 32.1 Å². The lowest BCUT2D eigenvalue weighted by atomic mass is 9.93. The molecule has 2 aromatic carbocycles. The van der Waals surface area contributed by atoms with E-state index in [0.29, 0.717) is 10.7 Å². The lowest BCUT2D eigenvalue weighted by molar-refractivity contribution is -0.142. The minimum atomic E-state index is -5.10. The van der Waals surface area contributed by atoms with Gasteiger partial charge in [-0.3, -0.25) is 18.9 Å². The maximum Gasteiger partial charge on any atom is 0.435 e. The number of fused-ring (bicyclic) bond motifs is 4. The highest BCUT2D eigenvalue weighted by atomic mass is 35.5. The third-order valence-electron chi connectivity index (χ3n) is 10.3. The molecule has 61 heavy (non-hydrogen) atoms. The van der Waals surface area contributed by atoms with E-state index in [-0.39, 0.29) is 61.9 Å². The maximum absolute atomic E-state index is 15.4. The molecule has 4 atom stereocenters. The summed E-state index contributed by atoms with van der Waals surface area (Å²) >= 11 is 6.59. The second kappa shape index (κ2) is 14.9. The number of anilines is 1. The van der Waals surface area contributed by atoms with Gasteiger partial charge in [-0.1, -0.05) is 23.6 Å². The molecule has 2 aliphatic rings. The molecule has 0 aliphatic heterocycles. The Hall–Kier alpha value is -5.98. The Morgan fingerprint density at radius 2 is 1.79 bits per heavy atom. The van der Waals surface area contributed by atoms with Crippen LogP contribution in [0.5, 0.6) is 0 Å². The molecule has 22 heteroatoms. The minimum absolute atomic E-state index is 0.00775. The minimum Gasteiger partial charge on any atom is -0.374 e. The summed E-state index contributed by atoms with van der Waals surface area (Å²) in [7, 11) is -0.697. The quantitative estimate of drug-likeness (QED) is 0.107. The van der Waals surface area contributed by atoms with E-state index in [1.54, 1.807) is 11.6 Å². The molecule has 1 unspecified atom stereocenters. The first-order valence-corrected chi connectivity index (χ1v) is 20.5. The average Bonchev–Trinajstić information content (AvgIpc) is 3.37. The molecule has 0 spiro atoms. The summed E-state index contributed by atoms with van der Waals surface area (Å²) in [5.41, 5.74) is -2.33. The van der Waals surface area contributed by atoms with Crippen LogP contribution in [-0.2, 0) is 54.0 Å². The van der Waals surface area contributed by atoms with E-state index in [0.717, 1.165) is 18.4 Å². The van der Waals surface area contributed by atoms with Crippen molar-refractivity contribution >= 4 is 44.3 Å². The molecule has 4 heterocycles. The Kier molecular flexibility index (Phi) is 10.2. The summed E-state index contributed by atoms with van der Waals surface area (Å²) in [4.78, 5) is 22.8. The van der Waals surface area contributed by atoms with Crippen molar-refractivity contribution in [2.75, 3.05) is 11.0 Å². The van der Waals surface area contributed by atoms with Crippen molar-refractivity contribution in [2.24, 2.45) is 20.0 Å². The molecule has 1 fully saturated rings. The molecular weight excluding hydrogens is 859 g/mol. The topological polar surface area (TPSA) is 162 Å². The number of alkyl halides is 5. The highest BCUT2D eigenvalue weighted by molar-refractivity contribution is 7.92. The van der Waals surface area contributed by atoms with Gasteiger partial charge >= 0.3 is 6.18 Å². The summed E-state index contributed by atoms with van der Waals surface area (Å²) in [6.45, 7) is -1.11. The summed E-state index contributed by atoms with van der Waals surface area (Å²) in [6.07, 6.45) is -3.19. The van der Waals surface area contributed by atoms with Crippen LogP contribution in [0.25, 0.3) is 22.0 Å². The second-order valence-electron chi connectivity index (χ2n) is 14.9. The zero-order valence-electron chi connectivity index (χ0n) is 31.9. The molecule has 2 aliphatic carbocycles. The van der Waals surface area contributed by atoms with Crippen LogP contribution in [0.2, 0.25) is 5.02 Å². The van der Waals surface area contributed by atoms with Crippen LogP contribution >= 0.6 is 11.6 Å². The monoisotopic (exact) mass is 889 g/mol. The van der Waals surface area contributed by atoms with Gasteiger partial charge in [0.05, 0.1) is 45.9 Å². The molecule has 1 amide bonds. The number of aromatic nitrogens is 7. The summed E-state index contributed by atoms with van der Waals surface area (Å²) < 4.78 is 133. The smallest absolute Gasteiger partial charge is 0.374 e. The molecule has 13 nitrogen and oxygen atoms in total. The lowest BCUT2D eigenvalue weighted by Gasteiger charge is -2.23. The van der Waals surface area contributed by atoms with Gasteiger partial charge in [0.2, 0.25) is 15.9 Å². The van der Waals surface area contributed by atoms with Gasteiger partial charge in [0.1, 0.15) is 29.6 Å². The molecule has 318 valence electrons. The van der Waals surface area contributed by atoms with Crippen molar-refractivity contribution in [3.05, 3.63) is 111 Å². The van der Waals surface area contributed by atoms with Gasteiger partial charge in [0.25, 0.3) is 5.92 Å². The number of aryl methyl sites for hydroxylation is 2. The molecule has 0 radical (unpaired) electrons. The molecule has 4 aromatic heterocycles. The highest BCUT2D eigenvalue weighted by Crippen LogP contribution is 2.68. The predicted octanol–water partition coefficient (Wildman–Crippen LogP) is 6.28. The van der Waals surface area contributed by atoms with Gasteiger partial charge < -0.3 is 15.0 Å². The first-order valence-electron chi connectivity index (χ1n) is 18.2. The summed E-state index contributed by atoms with van der Waals surface area (Å²) in [6, 6.07) is 7.05. The van der Waals surface area contributed by atoms with E-state index in [4.69, 9.17) is 16.6 Å². The first-order chi connectivity index (χ1) is 28.6. The van der Waals surface area contributed by atoms with E-state index >= 15 is 8.78 Å². The number of hydrogen-bond donors (Lipinski definition) is 3. The van der Waals surface area contributed by atoms with Crippen molar-refractivity contribution in [2.45, 2.75) is 49.5 Å². The molecule has 8 rings (SSSR count). The number of aliphatic hydroxyl groups excluding tert-OH is 1. The molecule has 0 bridgehead atoms. The van der Waals surface area contributed by atoms with Gasteiger partial charge in [0, 0.05) is 49.0 Å². The number of amides is 1. The van der Waals surface area contributed by atoms with Crippen LogP contribution in [0.15, 0.2) is 55.0 Å². The zero-order valence-corrected chi connectivity index (χ0v) is 33.4. The predicted molar refractivity (Wildman–Crippen MR) is 205 cm³/mol. The highest BCUT2D eigenvalue weighted by Gasteiger charge is 2.68. The van der Waals surface area contributed by atoms with Crippen LogP contribution < -0.4 is 10.0 Å². The Bertz CT molecular complexity index is 2930. The van der Waals surface area contributed by atoms with Gasteiger partial charge in [-0.25, -0.2) is 27.2 Å². The van der Waals surface area contributed by atoms with Crippen LogP contribution in [0, 0.1) is 29.4 Å². The second-order valence-corrected chi connectivity index (χ2v) is 17.0. The summed E-state index contributed by atoms with van der Waals surface area (Å²) in [5, 5.41) is 21.3. The molecule has 3 N–H and O–H groups in total. The van der Waals surface area contributed by atoms with Crippen molar-refractivity contribution in [3.8, 4) is 23.0 Å². The van der Waals surface area contributed by atoms with Gasteiger partial charge in [0.15, 0.2) is 17.6 Å². The standard InChI is InChI=1S/C39H31ClF7N9O4S/c1-54-15-28(48-17-54)29(57)9-5-21-4-6-22(23-7-8-26(40)32-34(23)55(2)52-37(32)53-61(3,59)60)33(49-21)27(12-18-10-19(41)13-20(42)11-18)50-30(58)16-56-36-31(35(51-56)39(45,46)47)24-14-25(24)38(36,43)44/h4,6-8,10-11,13,15,17,24-25,27,29,57H,12,14,16H2,1-3H3,(H,50,58)(H,52,53)/t24-,25+,27-,29?/m0/s1. The number of hydrogen-bond acceptors (Lipinski definition) is 8. The number of aliphatic hydroxyl groups is 1. The fourth-order valence-corrected chi connectivity index (χ4v) is 8.56. The number of sulfonamides is 1. The van der Waals surface area contributed by atoms with Crippen molar-refractivity contribution in [1.82, 2.24) is 39.4 Å². The number of rotatable bonds is 10. The SMILES string of the molecule is Cn1cnc(C(O)C#Cc2ccc(-c3ccc(Cl)c4c(NS(C)(=O)=O)nn(C)c34)c([C@H](Cc3cc(F)cc(F)c3)NC(=O)Cn3nc(C(F)(F)F)c4c3C(F)(F)[C@@H]3C[C@H]43)n2)c1. The Labute approximate surface area is 346 Å². The van der Waals surface area contributed by atoms with E-state index in [9.17, 15) is 40.3 Å². The number of nitrogens with zero attached hydrogens (tertiary/aromatic N) is 7. The fraction of sp³-hybridized carbons (Fsp3) is 0.308. The number of carbonyl (C=O) groups excluding carboxylic acids is 1. The van der Waals surface area contributed by atoms with Crippen LogP contribution in [0.3, 0.4) is 0 Å². The molecule has 1 saturated carbocycles. The first kappa shape index (κ1) is 41.7. The van der Waals surface area contributed by atoms with Crippen molar-refractivity contribution in [1.29, 1.82) is 0 Å². The third-order valence-corrected chi connectivity index (χ3v) is 11.2. The largest absolute Gasteiger partial charge is 0.435 e. The van der Waals surface area contributed by atoms with E-state index in [1.165, 1.54) is 48.5 Å². The van der Waals surface area contributed by atoms with Crippen molar-refractivity contribution in [3.63, 3.8) is 0 Å². The molecule has 0 saturated heterocycles. The Morgan fingerprint density at radius 1 is 1.08 bits per heavy atom. The van der Waals surface area contributed by atoms with Gasteiger partial charge in [-0.05, 0) is 60.6 Å². The maximum atomic E-state index is 15.4. The summed E-state index contributed by atoms with van der Waals surface area (Å²) in [5.74, 6) is -3.99. The van der Waals surface area contributed by atoms with E-state index in [2.05, 4.69) is 37.1 Å². The van der Waals surface area contributed by atoms with Gasteiger partial charge in [-0.15, -0.1) is 0 Å². The Morgan fingerprint density at radius 3 is 2.44 bits per heavy atom. The normalized spacial score (nSPS) is 17.6. The lowest BCUT2D eigenvalue weighted by Crippen LogP contribution is -2.35. The number of imidazole rings is 1. The third kappa shape index (κ3) is 8.02. The van der Waals surface area contributed by atoms with Crippen molar-refractivity contribution < 1.29 is 49.1 Å². The van der Waals surface area contributed by atoms with Crippen LogP contribution in [0.4, 0.5) is 36.6 Å².